The van der Waals surface area contributed by atoms with Crippen LogP contribution in [0.5, 0.6) is 0 Å². The summed E-state index contributed by atoms with van der Waals surface area (Å²) in [6, 6.07) is 3.82. The number of aromatic nitrogens is 1. The molecule has 5 heteroatoms. The fourth-order valence-electron chi connectivity index (χ4n) is 2.19. The second-order valence-corrected chi connectivity index (χ2v) is 5.38. The van der Waals surface area contributed by atoms with Gasteiger partial charge in [-0.25, -0.2) is 4.98 Å². The third-order valence-corrected chi connectivity index (χ3v) is 3.97. The first-order valence-electron chi connectivity index (χ1n) is 6.35. The van der Waals surface area contributed by atoms with Gasteiger partial charge >= 0.3 is 0 Å². The molecule has 1 aromatic rings. The summed E-state index contributed by atoms with van der Waals surface area (Å²) in [7, 11) is 2.06. The first-order valence-corrected chi connectivity index (χ1v) is 7.27. The van der Waals surface area contributed by atoms with Crippen molar-refractivity contribution in [2.45, 2.75) is 18.7 Å². The number of alkyl halides is 1. The van der Waals surface area contributed by atoms with Crippen LogP contribution in [0, 0.1) is 0 Å². The predicted molar refractivity (Wildman–Crippen MR) is 77.7 cm³/mol. The molecule has 0 amide bonds. The first-order chi connectivity index (χ1) is 8.70. The van der Waals surface area contributed by atoms with E-state index in [2.05, 4.69) is 21.8 Å². The van der Waals surface area contributed by atoms with Crippen LogP contribution in [0.25, 0.3) is 0 Å². The van der Waals surface area contributed by atoms with Crippen LogP contribution in [-0.2, 0) is 5.88 Å². The smallest absolute Gasteiger partial charge is 0.128 e. The Labute approximate surface area is 119 Å². The van der Waals surface area contributed by atoms with Crippen LogP contribution in [-0.4, -0.2) is 43.1 Å². The molecule has 0 aliphatic carbocycles. The van der Waals surface area contributed by atoms with Gasteiger partial charge in [-0.3, -0.25) is 0 Å². The SMILES string of the molecule is CN(CCN1CCCC1)c1ccc(Cl)c(CCl)n1. The van der Waals surface area contributed by atoms with Gasteiger partial charge in [0, 0.05) is 20.1 Å². The van der Waals surface area contributed by atoms with Crippen molar-refractivity contribution in [3.05, 3.63) is 22.8 Å². The van der Waals surface area contributed by atoms with Gasteiger partial charge in [0.2, 0.25) is 0 Å². The summed E-state index contributed by atoms with van der Waals surface area (Å²) >= 11 is 11.8. The zero-order valence-electron chi connectivity index (χ0n) is 10.7. The van der Waals surface area contributed by atoms with Crippen LogP contribution in [0.15, 0.2) is 12.1 Å². The molecule has 0 N–H and O–H groups in total. The topological polar surface area (TPSA) is 19.4 Å². The number of hydrogen-bond donors (Lipinski definition) is 0. The Morgan fingerprint density at radius 1 is 1.33 bits per heavy atom. The molecule has 0 atom stereocenters. The van der Waals surface area contributed by atoms with E-state index in [1.807, 2.05) is 12.1 Å². The largest absolute Gasteiger partial charge is 0.358 e. The molecule has 0 radical (unpaired) electrons. The molecular formula is C13H19Cl2N3. The van der Waals surface area contributed by atoms with Crippen molar-refractivity contribution < 1.29 is 0 Å². The summed E-state index contributed by atoms with van der Waals surface area (Å²) in [6.45, 7) is 4.54. The maximum atomic E-state index is 6.01. The lowest BCUT2D eigenvalue weighted by atomic mass is 10.3. The third kappa shape index (κ3) is 3.50. The van der Waals surface area contributed by atoms with Crippen molar-refractivity contribution in [3.8, 4) is 0 Å². The minimum absolute atomic E-state index is 0.354. The highest BCUT2D eigenvalue weighted by molar-refractivity contribution is 6.32. The summed E-state index contributed by atoms with van der Waals surface area (Å²) in [5.74, 6) is 1.29. The highest BCUT2D eigenvalue weighted by atomic mass is 35.5. The average molecular weight is 288 g/mol. The van der Waals surface area contributed by atoms with Gasteiger partial charge in [-0.2, -0.15) is 0 Å². The highest BCUT2D eigenvalue weighted by Crippen LogP contribution is 2.20. The van der Waals surface area contributed by atoms with Crippen LogP contribution in [0.3, 0.4) is 0 Å². The zero-order valence-corrected chi connectivity index (χ0v) is 12.2. The number of hydrogen-bond acceptors (Lipinski definition) is 3. The monoisotopic (exact) mass is 287 g/mol. The molecule has 2 rings (SSSR count). The minimum atomic E-state index is 0.354. The molecule has 0 unspecified atom stereocenters. The van der Waals surface area contributed by atoms with E-state index in [0.29, 0.717) is 10.9 Å². The normalized spacial score (nSPS) is 16.2. The summed E-state index contributed by atoms with van der Waals surface area (Å²) in [5, 5.41) is 0.640. The molecule has 18 heavy (non-hydrogen) atoms. The van der Waals surface area contributed by atoms with Crippen LogP contribution < -0.4 is 4.90 Å². The Kier molecular flexibility index (Phi) is 5.10. The molecule has 1 fully saturated rings. The molecule has 1 aliphatic rings. The van der Waals surface area contributed by atoms with E-state index >= 15 is 0 Å². The molecule has 100 valence electrons. The van der Waals surface area contributed by atoms with E-state index in [4.69, 9.17) is 23.2 Å². The van der Waals surface area contributed by atoms with Crippen molar-refractivity contribution in [2.75, 3.05) is 38.1 Å². The summed E-state index contributed by atoms with van der Waals surface area (Å²) in [6.07, 6.45) is 2.67. The summed E-state index contributed by atoms with van der Waals surface area (Å²) in [4.78, 5) is 9.13. The number of anilines is 1. The van der Waals surface area contributed by atoms with Crippen LogP contribution in [0.4, 0.5) is 5.82 Å². The van der Waals surface area contributed by atoms with Gasteiger partial charge in [-0.1, -0.05) is 11.6 Å². The fourth-order valence-corrected chi connectivity index (χ4v) is 2.64. The number of pyridine rings is 1. The van der Waals surface area contributed by atoms with Gasteiger partial charge < -0.3 is 9.80 Å². The van der Waals surface area contributed by atoms with Crippen LogP contribution in [0.2, 0.25) is 5.02 Å². The van der Waals surface area contributed by atoms with E-state index in [9.17, 15) is 0 Å². The van der Waals surface area contributed by atoms with Crippen LogP contribution in [0.1, 0.15) is 18.5 Å². The van der Waals surface area contributed by atoms with Gasteiger partial charge in [0.1, 0.15) is 5.82 Å². The molecular weight excluding hydrogens is 269 g/mol. The van der Waals surface area contributed by atoms with Gasteiger partial charge in [0.25, 0.3) is 0 Å². The number of halogens is 2. The Morgan fingerprint density at radius 3 is 2.72 bits per heavy atom. The van der Waals surface area contributed by atoms with E-state index < -0.39 is 0 Å². The Hall–Kier alpha value is -0.510. The van der Waals surface area contributed by atoms with E-state index in [-0.39, 0.29) is 0 Å². The van der Waals surface area contributed by atoms with Gasteiger partial charge in [-0.15, -0.1) is 11.6 Å². The van der Waals surface area contributed by atoms with Gasteiger partial charge in [0.05, 0.1) is 16.6 Å². The van der Waals surface area contributed by atoms with Crippen molar-refractivity contribution in [1.29, 1.82) is 0 Å². The number of rotatable bonds is 5. The Balaban J connectivity index is 1.93. The van der Waals surface area contributed by atoms with E-state index in [0.717, 1.165) is 24.6 Å². The lowest BCUT2D eigenvalue weighted by molar-refractivity contribution is 0.346. The predicted octanol–water partition coefficient (Wildman–Crippen LogP) is 3.01. The zero-order chi connectivity index (χ0) is 13.0. The Bertz CT molecular complexity index is 392. The number of nitrogens with zero attached hydrogens (tertiary/aromatic N) is 3. The lowest BCUT2D eigenvalue weighted by Crippen LogP contribution is -2.31. The standard InChI is InChI=1S/C13H19Cl2N3/c1-17(8-9-18-6-2-3-7-18)13-5-4-11(15)12(10-14)16-13/h4-5H,2-3,6-10H2,1H3. The second-order valence-electron chi connectivity index (χ2n) is 4.70. The lowest BCUT2D eigenvalue weighted by Gasteiger charge is -2.22. The van der Waals surface area contributed by atoms with Crippen molar-refractivity contribution in [2.24, 2.45) is 0 Å². The minimum Gasteiger partial charge on any atom is -0.358 e. The molecule has 1 aliphatic heterocycles. The number of likely N-dealkylation sites (tertiary alicyclic amines) is 1. The molecule has 3 nitrogen and oxygen atoms in total. The average Bonchev–Trinajstić information content (AvgIpc) is 2.89. The molecule has 0 aromatic carbocycles. The number of likely N-dealkylation sites (N-methyl/N-ethyl adjacent to an activating group) is 1. The van der Waals surface area contributed by atoms with Gasteiger partial charge in [-0.05, 0) is 38.1 Å². The molecule has 1 saturated heterocycles. The summed E-state index contributed by atoms with van der Waals surface area (Å²) in [5.41, 5.74) is 0.754. The van der Waals surface area contributed by atoms with Crippen LogP contribution >= 0.6 is 23.2 Å². The maximum Gasteiger partial charge on any atom is 0.128 e. The summed E-state index contributed by atoms with van der Waals surface area (Å²) < 4.78 is 0. The molecule has 1 aromatic heterocycles. The first kappa shape index (κ1) is 13.9. The third-order valence-electron chi connectivity index (χ3n) is 3.37. The molecule has 0 spiro atoms. The maximum absolute atomic E-state index is 6.01. The molecule has 2 heterocycles. The van der Waals surface area contributed by atoms with Crippen molar-refractivity contribution in [1.82, 2.24) is 9.88 Å². The van der Waals surface area contributed by atoms with E-state index in [1.165, 1.54) is 25.9 Å². The Morgan fingerprint density at radius 2 is 2.06 bits per heavy atom. The van der Waals surface area contributed by atoms with Crippen molar-refractivity contribution >= 4 is 29.0 Å². The van der Waals surface area contributed by atoms with Gasteiger partial charge in [0.15, 0.2) is 0 Å². The highest BCUT2D eigenvalue weighted by Gasteiger charge is 2.13. The quantitative estimate of drug-likeness (QED) is 0.776. The van der Waals surface area contributed by atoms with Crippen molar-refractivity contribution in [3.63, 3.8) is 0 Å². The molecule has 0 saturated carbocycles. The molecule has 0 bridgehead atoms. The second kappa shape index (κ2) is 6.60. The fraction of sp³-hybridized carbons (Fsp3) is 0.615. The van der Waals surface area contributed by atoms with E-state index in [1.54, 1.807) is 0 Å².